The lowest BCUT2D eigenvalue weighted by Crippen LogP contribution is -3.00. The van der Waals surface area contributed by atoms with Gasteiger partial charge in [0.15, 0.2) is 6.20 Å². The van der Waals surface area contributed by atoms with E-state index >= 15 is 0 Å². The Bertz CT molecular complexity index is 201. The van der Waals surface area contributed by atoms with Crippen molar-refractivity contribution in [1.82, 2.24) is 0 Å². The molecule has 1 aromatic rings. The third-order valence-electron chi connectivity index (χ3n) is 1.23. The molecule has 0 radical (unpaired) electrons. The summed E-state index contributed by atoms with van der Waals surface area (Å²) in [6.45, 7) is 3.13. The molecule has 10 heavy (non-hydrogen) atoms. The zero-order chi connectivity index (χ0) is 6.69. The van der Waals surface area contributed by atoms with Gasteiger partial charge in [-0.25, -0.2) is 0 Å². The molecule has 0 unspecified atom stereocenters. The standard InChI is InChI=1S/C7H9BrN.BrH/c1-2-9-6-4-3-5-7(9)8;/h3-6H,2H2,1H3;1H/q+1;/p-1. The van der Waals surface area contributed by atoms with Crippen molar-refractivity contribution in [2.45, 2.75) is 13.5 Å². The largest absolute Gasteiger partial charge is 1.00 e. The Labute approximate surface area is 80.0 Å². The average Bonchev–Trinajstić information content (AvgIpc) is 1.89. The van der Waals surface area contributed by atoms with E-state index in [-0.39, 0.29) is 17.0 Å². The van der Waals surface area contributed by atoms with E-state index in [1.54, 1.807) is 0 Å². The highest BCUT2D eigenvalue weighted by Crippen LogP contribution is 1.99. The van der Waals surface area contributed by atoms with E-state index in [0.29, 0.717) is 0 Å². The van der Waals surface area contributed by atoms with Crippen LogP contribution >= 0.6 is 15.9 Å². The zero-order valence-electron chi connectivity index (χ0n) is 5.72. The highest BCUT2D eigenvalue weighted by atomic mass is 79.9. The van der Waals surface area contributed by atoms with Crippen molar-refractivity contribution in [2.24, 2.45) is 0 Å². The molecule has 56 valence electrons. The lowest BCUT2D eigenvalue weighted by Gasteiger charge is -1.90. The van der Waals surface area contributed by atoms with Crippen LogP contribution in [0.5, 0.6) is 0 Å². The minimum Gasteiger partial charge on any atom is -1.00 e. The molecule has 0 atom stereocenters. The van der Waals surface area contributed by atoms with Crippen LogP contribution in [0.1, 0.15) is 6.92 Å². The van der Waals surface area contributed by atoms with Crippen molar-refractivity contribution in [3.63, 3.8) is 0 Å². The second-order valence-electron chi connectivity index (χ2n) is 1.81. The summed E-state index contributed by atoms with van der Waals surface area (Å²) in [6, 6.07) is 6.06. The summed E-state index contributed by atoms with van der Waals surface area (Å²) in [7, 11) is 0. The quantitative estimate of drug-likeness (QED) is 0.442. The van der Waals surface area contributed by atoms with Gasteiger partial charge >= 0.3 is 0 Å². The molecule has 1 nitrogen and oxygen atoms in total. The van der Waals surface area contributed by atoms with Gasteiger partial charge in [-0.2, -0.15) is 4.57 Å². The summed E-state index contributed by atoms with van der Waals surface area (Å²) in [4.78, 5) is 0. The molecule has 1 rings (SSSR count). The van der Waals surface area contributed by atoms with Crippen LogP contribution in [-0.2, 0) is 6.54 Å². The molecule has 0 aliphatic carbocycles. The van der Waals surface area contributed by atoms with Crippen LogP contribution in [0, 0.1) is 0 Å². The highest BCUT2D eigenvalue weighted by molar-refractivity contribution is 9.10. The number of hydrogen-bond donors (Lipinski definition) is 0. The number of nitrogens with zero attached hydrogens (tertiary/aromatic N) is 1. The van der Waals surface area contributed by atoms with Gasteiger partial charge in [-0.1, -0.05) is 0 Å². The SMILES string of the molecule is CC[n+]1ccccc1Br.[Br-]. The van der Waals surface area contributed by atoms with Crippen molar-refractivity contribution >= 4 is 15.9 Å². The lowest BCUT2D eigenvalue weighted by molar-refractivity contribution is -0.704. The third kappa shape index (κ3) is 2.39. The molecule has 0 saturated carbocycles. The van der Waals surface area contributed by atoms with Crippen molar-refractivity contribution in [3.8, 4) is 0 Å². The van der Waals surface area contributed by atoms with Crippen LogP contribution in [0.2, 0.25) is 0 Å². The molecule has 0 aliphatic heterocycles. The number of aryl methyl sites for hydroxylation is 1. The van der Waals surface area contributed by atoms with Gasteiger partial charge < -0.3 is 17.0 Å². The van der Waals surface area contributed by atoms with E-state index < -0.39 is 0 Å². The minimum atomic E-state index is 0. The highest BCUT2D eigenvalue weighted by Gasteiger charge is 1.99. The summed E-state index contributed by atoms with van der Waals surface area (Å²) in [5.41, 5.74) is 0. The normalized spacial score (nSPS) is 8.60. The first kappa shape index (κ1) is 10.1. The van der Waals surface area contributed by atoms with E-state index in [4.69, 9.17) is 0 Å². The second-order valence-corrected chi connectivity index (χ2v) is 2.62. The maximum absolute atomic E-state index is 3.42. The lowest BCUT2D eigenvalue weighted by atomic mass is 10.5. The third-order valence-corrected chi connectivity index (χ3v) is 1.95. The van der Waals surface area contributed by atoms with Crippen molar-refractivity contribution in [2.75, 3.05) is 0 Å². The second kappa shape index (κ2) is 4.85. The summed E-state index contributed by atoms with van der Waals surface area (Å²) < 4.78 is 3.26. The molecule has 1 heterocycles. The number of hydrogen-bond acceptors (Lipinski definition) is 0. The summed E-state index contributed by atoms with van der Waals surface area (Å²) in [5.74, 6) is 0. The molecule has 0 N–H and O–H groups in total. The maximum atomic E-state index is 3.42. The fourth-order valence-electron chi connectivity index (χ4n) is 0.712. The topological polar surface area (TPSA) is 3.88 Å². The van der Waals surface area contributed by atoms with E-state index in [1.807, 2.05) is 24.4 Å². The summed E-state index contributed by atoms with van der Waals surface area (Å²) in [5, 5.41) is 0. The van der Waals surface area contributed by atoms with Gasteiger partial charge in [-0.3, -0.25) is 0 Å². The van der Waals surface area contributed by atoms with Gasteiger partial charge in [0.1, 0.15) is 6.54 Å². The molecule has 0 bridgehead atoms. The first-order valence-corrected chi connectivity index (χ1v) is 3.78. The first-order valence-electron chi connectivity index (χ1n) is 2.98. The fraction of sp³-hybridized carbons (Fsp3) is 0.286. The van der Waals surface area contributed by atoms with Crippen molar-refractivity contribution in [3.05, 3.63) is 29.0 Å². The van der Waals surface area contributed by atoms with E-state index in [2.05, 4.69) is 27.4 Å². The number of pyridine rings is 1. The molecule has 1 aromatic heterocycles. The summed E-state index contributed by atoms with van der Waals surface area (Å²) >= 11 is 3.42. The molecule has 0 fully saturated rings. The molecule has 0 spiro atoms. The molecule has 3 heteroatoms. The smallest absolute Gasteiger partial charge is 0.247 e. The Morgan fingerprint density at radius 2 is 2.20 bits per heavy atom. The molecular formula is C7H9Br2N. The predicted molar refractivity (Wildman–Crippen MR) is 40.0 cm³/mol. The van der Waals surface area contributed by atoms with Crippen LogP contribution in [-0.4, -0.2) is 0 Å². The van der Waals surface area contributed by atoms with Crippen LogP contribution in [0.25, 0.3) is 0 Å². The van der Waals surface area contributed by atoms with E-state index in [0.717, 1.165) is 11.1 Å². The summed E-state index contributed by atoms with van der Waals surface area (Å²) in [6.07, 6.45) is 2.05. The molecule has 0 aliphatic rings. The molecule has 0 amide bonds. The van der Waals surface area contributed by atoms with Gasteiger partial charge in [-0.15, -0.1) is 0 Å². The van der Waals surface area contributed by atoms with Gasteiger partial charge in [0.2, 0.25) is 4.60 Å². The monoisotopic (exact) mass is 265 g/mol. The maximum Gasteiger partial charge on any atom is 0.247 e. The predicted octanol–water partition coefficient (Wildman–Crippen LogP) is -1.24. The number of rotatable bonds is 1. The van der Waals surface area contributed by atoms with Crippen LogP contribution in [0.15, 0.2) is 29.0 Å². The average molecular weight is 267 g/mol. The van der Waals surface area contributed by atoms with Gasteiger partial charge in [0.25, 0.3) is 0 Å². The van der Waals surface area contributed by atoms with E-state index in [1.165, 1.54) is 0 Å². The Kier molecular flexibility index (Phi) is 4.91. The van der Waals surface area contributed by atoms with Crippen molar-refractivity contribution in [1.29, 1.82) is 0 Å². The van der Waals surface area contributed by atoms with Crippen LogP contribution in [0.3, 0.4) is 0 Å². The molecular weight excluding hydrogens is 258 g/mol. The van der Waals surface area contributed by atoms with Crippen molar-refractivity contribution < 1.29 is 21.5 Å². The molecule has 0 aromatic carbocycles. The van der Waals surface area contributed by atoms with Crippen LogP contribution in [0.4, 0.5) is 0 Å². The van der Waals surface area contributed by atoms with E-state index in [9.17, 15) is 0 Å². The Balaban J connectivity index is 0.000000810. The van der Waals surface area contributed by atoms with Crippen LogP contribution < -0.4 is 21.5 Å². The van der Waals surface area contributed by atoms with Gasteiger partial charge in [-0.05, 0) is 13.0 Å². The fourth-order valence-corrected chi connectivity index (χ4v) is 1.23. The van der Waals surface area contributed by atoms with Gasteiger partial charge in [0, 0.05) is 28.1 Å². The molecule has 0 saturated heterocycles. The Hall–Kier alpha value is 0.110. The minimum absolute atomic E-state index is 0. The first-order chi connectivity index (χ1) is 4.34. The Morgan fingerprint density at radius 1 is 1.50 bits per heavy atom. The van der Waals surface area contributed by atoms with Gasteiger partial charge in [0.05, 0.1) is 0 Å². The zero-order valence-corrected chi connectivity index (χ0v) is 8.89. The Morgan fingerprint density at radius 3 is 2.60 bits per heavy atom. The number of halogens is 2. The number of aromatic nitrogens is 1.